The first kappa shape index (κ1) is 17.8. The fourth-order valence-electron chi connectivity index (χ4n) is 3.02. The van der Waals surface area contributed by atoms with Gasteiger partial charge in [0.05, 0.1) is 6.33 Å². The van der Waals surface area contributed by atoms with Crippen LogP contribution in [-0.2, 0) is 6.54 Å². The van der Waals surface area contributed by atoms with Gasteiger partial charge in [-0.2, -0.15) is 0 Å². The van der Waals surface area contributed by atoms with Crippen LogP contribution in [0.1, 0.15) is 39.5 Å². The maximum atomic E-state index is 4.68. The first-order valence-electron chi connectivity index (χ1n) is 9.01. The van der Waals surface area contributed by atoms with E-state index in [9.17, 15) is 0 Å². The van der Waals surface area contributed by atoms with Crippen molar-refractivity contribution in [3.63, 3.8) is 0 Å². The van der Waals surface area contributed by atoms with Crippen LogP contribution >= 0.6 is 0 Å². The van der Waals surface area contributed by atoms with Crippen molar-refractivity contribution in [1.29, 1.82) is 0 Å². The number of hydrogen-bond acceptors (Lipinski definition) is 3. The maximum Gasteiger partial charge on any atom is 0.191 e. The largest absolute Gasteiger partial charge is 0.357 e. The normalized spacial score (nSPS) is 19.7. The van der Waals surface area contributed by atoms with E-state index >= 15 is 0 Å². The molecule has 0 spiro atoms. The van der Waals surface area contributed by atoms with Crippen molar-refractivity contribution in [2.24, 2.45) is 4.99 Å². The number of imidazole rings is 1. The van der Waals surface area contributed by atoms with Gasteiger partial charge >= 0.3 is 0 Å². The predicted octanol–water partition coefficient (Wildman–Crippen LogP) is 1.70. The summed E-state index contributed by atoms with van der Waals surface area (Å²) in [4.78, 5) is 11.3. The second kappa shape index (κ2) is 10.3. The van der Waals surface area contributed by atoms with Crippen molar-refractivity contribution in [1.82, 2.24) is 25.1 Å². The molecule has 1 aromatic heterocycles. The SMILES string of the molecule is CCNC(=NCCCN1CCCCC1C)NCCn1ccnc1. The molecule has 1 unspecified atom stereocenters. The molecule has 130 valence electrons. The molecule has 6 nitrogen and oxygen atoms in total. The number of guanidine groups is 1. The van der Waals surface area contributed by atoms with E-state index in [1.165, 1.54) is 32.4 Å². The van der Waals surface area contributed by atoms with Crippen molar-refractivity contribution >= 4 is 5.96 Å². The monoisotopic (exact) mass is 320 g/mol. The highest BCUT2D eigenvalue weighted by atomic mass is 15.2. The zero-order chi connectivity index (χ0) is 16.3. The lowest BCUT2D eigenvalue weighted by molar-refractivity contribution is 0.160. The molecule has 1 aromatic rings. The number of nitrogens with one attached hydrogen (secondary N) is 2. The van der Waals surface area contributed by atoms with E-state index in [-0.39, 0.29) is 0 Å². The second-order valence-electron chi connectivity index (χ2n) is 6.22. The summed E-state index contributed by atoms with van der Waals surface area (Å²) < 4.78 is 2.06. The summed E-state index contributed by atoms with van der Waals surface area (Å²) >= 11 is 0. The second-order valence-corrected chi connectivity index (χ2v) is 6.22. The Morgan fingerprint density at radius 1 is 1.30 bits per heavy atom. The summed E-state index contributed by atoms with van der Waals surface area (Å²) in [5.74, 6) is 0.916. The van der Waals surface area contributed by atoms with Crippen LogP contribution < -0.4 is 10.6 Å². The van der Waals surface area contributed by atoms with E-state index in [1.807, 2.05) is 12.5 Å². The molecule has 2 rings (SSSR count). The molecule has 1 fully saturated rings. The number of rotatable bonds is 8. The molecule has 0 aromatic carbocycles. The topological polar surface area (TPSA) is 57.5 Å². The quantitative estimate of drug-likeness (QED) is 0.435. The van der Waals surface area contributed by atoms with E-state index in [0.29, 0.717) is 0 Å². The summed E-state index contributed by atoms with van der Waals surface area (Å²) in [5.41, 5.74) is 0. The lowest BCUT2D eigenvalue weighted by atomic mass is 10.0. The van der Waals surface area contributed by atoms with E-state index in [1.54, 1.807) is 6.20 Å². The fourth-order valence-corrected chi connectivity index (χ4v) is 3.02. The third kappa shape index (κ3) is 6.60. The van der Waals surface area contributed by atoms with E-state index in [4.69, 9.17) is 0 Å². The van der Waals surface area contributed by atoms with Gasteiger partial charge in [-0.25, -0.2) is 4.98 Å². The van der Waals surface area contributed by atoms with Crippen LogP contribution in [0.3, 0.4) is 0 Å². The highest BCUT2D eigenvalue weighted by Crippen LogP contribution is 2.16. The Kier molecular flexibility index (Phi) is 7.93. The summed E-state index contributed by atoms with van der Waals surface area (Å²) in [6, 6.07) is 0.745. The Morgan fingerprint density at radius 3 is 2.96 bits per heavy atom. The van der Waals surface area contributed by atoms with Crippen LogP contribution in [0.4, 0.5) is 0 Å². The highest BCUT2D eigenvalue weighted by Gasteiger charge is 2.16. The number of nitrogens with zero attached hydrogens (tertiary/aromatic N) is 4. The van der Waals surface area contributed by atoms with Gasteiger partial charge < -0.3 is 20.1 Å². The molecular formula is C17H32N6. The third-order valence-electron chi connectivity index (χ3n) is 4.38. The molecule has 1 atom stereocenters. The molecule has 0 bridgehead atoms. The van der Waals surface area contributed by atoms with Crippen molar-refractivity contribution in [3.8, 4) is 0 Å². The minimum atomic E-state index is 0.745. The predicted molar refractivity (Wildman–Crippen MR) is 95.7 cm³/mol. The summed E-state index contributed by atoms with van der Waals surface area (Å²) in [7, 11) is 0. The van der Waals surface area contributed by atoms with Crippen molar-refractivity contribution in [2.75, 3.05) is 32.7 Å². The molecule has 1 aliphatic heterocycles. The maximum absolute atomic E-state index is 4.68. The molecule has 0 saturated carbocycles. The Labute approximate surface area is 140 Å². The minimum Gasteiger partial charge on any atom is -0.357 e. The third-order valence-corrected chi connectivity index (χ3v) is 4.38. The standard InChI is InChI=1S/C17H32N6/c1-3-19-17(21-10-14-22-13-9-18-15-22)20-8-6-12-23-11-5-4-7-16(23)2/h9,13,15-16H,3-8,10-12,14H2,1-2H3,(H2,19,20,21). The Hall–Kier alpha value is -1.56. The molecule has 2 N–H and O–H groups in total. The first-order valence-corrected chi connectivity index (χ1v) is 9.01. The smallest absolute Gasteiger partial charge is 0.191 e. The minimum absolute atomic E-state index is 0.745. The number of hydrogen-bond donors (Lipinski definition) is 2. The first-order chi connectivity index (χ1) is 11.3. The van der Waals surface area contributed by atoms with Crippen LogP contribution in [0.25, 0.3) is 0 Å². The number of piperidine rings is 1. The van der Waals surface area contributed by atoms with Gasteiger partial charge in [0.25, 0.3) is 0 Å². The van der Waals surface area contributed by atoms with Crippen LogP contribution in [0.5, 0.6) is 0 Å². The molecule has 1 saturated heterocycles. The Balaban J connectivity index is 1.66. The average Bonchev–Trinajstić information content (AvgIpc) is 3.06. The number of likely N-dealkylation sites (tertiary alicyclic amines) is 1. The molecular weight excluding hydrogens is 288 g/mol. The molecule has 0 radical (unpaired) electrons. The Bertz CT molecular complexity index is 442. The number of aliphatic imine (C=N–C) groups is 1. The van der Waals surface area contributed by atoms with E-state index < -0.39 is 0 Å². The molecule has 23 heavy (non-hydrogen) atoms. The summed E-state index contributed by atoms with van der Waals surface area (Å²) in [6.45, 7) is 10.4. The van der Waals surface area contributed by atoms with Crippen LogP contribution in [0.2, 0.25) is 0 Å². The van der Waals surface area contributed by atoms with Gasteiger partial charge in [0.1, 0.15) is 0 Å². The van der Waals surface area contributed by atoms with Gasteiger partial charge in [0, 0.05) is 51.2 Å². The highest BCUT2D eigenvalue weighted by molar-refractivity contribution is 5.79. The summed E-state index contributed by atoms with van der Waals surface area (Å²) in [6.07, 6.45) is 10.8. The lowest BCUT2D eigenvalue weighted by Crippen LogP contribution is -2.39. The lowest BCUT2D eigenvalue weighted by Gasteiger charge is -2.33. The van der Waals surface area contributed by atoms with Crippen LogP contribution in [0, 0.1) is 0 Å². The molecule has 2 heterocycles. The van der Waals surface area contributed by atoms with Gasteiger partial charge in [-0.1, -0.05) is 6.42 Å². The van der Waals surface area contributed by atoms with Gasteiger partial charge in [0.2, 0.25) is 0 Å². The molecule has 6 heteroatoms. The fraction of sp³-hybridized carbons (Fsp3) is 0.765. The van der Waals surface area contributed by atoms with Gasteiger partial charge in [-0.15, -0.1) is 0 Å². The van der Waals surface area contributed by atoms with Crippen LogP contribution in [-0.4, -0.2) is 59.2 Å². The molecule has 0 aliphatic carbocycles. The van der Waals surface area contributed by atoms with Gasteiger partial charge in [0.15, 0.2) is 5.96 Å². The Morgan fingerprint density at radius 2 is 2.22 bits per heavy atom. The zero-order valence-corrected chi connectivity index (χ0v) is 14.7. The zero-order valence-electron chi connectivity index (χ0n) is 14.7. The number of aromatic nitrogens is 2. The van der Waals surface area contributed by atoms with E-state index in [2.05, 4.69) is 43.9 Å². The van der Waals surface area contributed by atoms with Crippen molar-refractivity contribution < 1.29 is 0 Å². The van der Waals surface area contributed by atoms with Gasteiger partial charge in [-0.3, -0.25) is 4.99 Å². The molecule has 1 aliphatic rings. The van der Waals surface area contributed by atoms with Crippen molar-refractivity contribution in [2.45, 2.75) is 52.1 Å². The van der Waals surface area contributed by atoms with Crippen LogP contribution in [0.15, 0.2) is 23.7 Å². The summed E-state index contributed by atoms with van der Waals surface area (Å²) in [5, 5.41) is 6.69. The van der Waals surface area contributed by atoms with Crippen molar-refractivity contribution in [3.05, 3.63) is 18.7 Å². The van der Waals surface area contributed by atoms with Gasteiger partial charge in [-0.05, 0) is 39.7 Å². The average molecular weight is 320 g/mol. The van der Waals surface area contributed by atoms with E-state index in [0.717, 1.165) is 44.6 Å². The molecule has 0 amide bonds.